The molecule has 0 unspecified atom stereocenters. The Morgan fingerprint density at radius 2 is 1.87 bits per heavy atom. The Morgan fingerprint density at radius 1 is 1.09 bits per heavy atom. The van der Waals surface area contributed by atoms with Gasteiger partial charge in [-0.15, -0.1) is 0 Å². The minimum atomic E-state index is -0.495. The number of methoxy groups -OCH3 is 1. The van der Waals surface area contributed by atoms with Crippen LogP contribution in [0.1, 0.15) is 10.4 Å². The van der Waals surface area contributed by atoms with E-state index in [1.54, 1.807) is 42.5 Å². The van der Waals surface area contributed by atoms with Gasteiger partial charge in [-0.3, -0.25) is 4.79 Å². The van der Waals surface area contributed by atoms with Crippen LogP contribution in [0.25, 0.3) is 0 Å². The molecule has 2 aromatic carbocycles. The highest BCUT2D eigenvalue weighted by molar-refractivity contribution is 6.30. The number of nitrogens with one attached hydrogen (secondary N) is 3. The van der Waals surface area contributed by atoms with E-state index >= 15 is 0 Å². The monoisotopic (exact) mass is 333 g/mol. The summed E-state index contributed by atoms with van der Waals surface area (Å²) in [5.41, 5.74) is 1.21. The van der Waals surface area contributed by atoms with Crippen LogP contribution in [0.2, 0.25) is 5.02 Å². The van der Waals surface area contributed by atoms with Crippen molar-refractivity contribution in [1.29, 1.82) is 0 Å². The van der Waals surface area contributed by atoms with Gasteiger partial charge in [0.1, 0.15) is 5.75 Å². The summed E-state index contributed by atoms with van der Waals surface area (Å²) < 4.78 is 5.12. The van der Waals surface area contributed by atoms with Gasteiger partial charge in [0.2, 0.25) is 0 Å². The molecule has 0 saturated heterocycles. The van der Waals surface area contributed by atoms with E-state index in [9.17, 15) is 9.59 Å². The number of halogens is 1. The van der Waals surface area contributed by atoms with Crippen LogP contribution in [-0.2, 0) is 0 Å². The molecular formula is C16H16ClN3O3. The van der Waals surface area contributed by atoms with Crippen LogP contribution in [0.5, 0.6) is 5.75 Å². The number of hydrogen-bond acceptors (Lipinski definition) is 3. The minimum absolute atomic E-state index is 0.314. The maximum absolute atomic E-state index is 12.1. The lowest BCUT2D eigenvalue weighted by Gasteiger charge is -2.13. The molecule has 23 heavy (non-hydrogen) atoms. The fourth-order valence-electron chi connectivity index (χ4n) is 1.94. The zero-order valence-electron chi connectivity index (χ0n) is 12.6. The van der Waals surface area contributed by atoms with Gasteiger partial charge in [-0.2, -0.15) is 0 Å². The van der Waals surface area contributed by atoms with Gasteiger partial charge in [0.25, 0.3) is 5.91 Å². The van der Waals surface area contributed by atoms with E-state index in [4.69, 9.17) is 16.3 Å². The molecule has 2 aromatic rings. The van der Waals surface area contributed by atoms with Crippen molar-refractivity contribution in [1.82, 2.24) is 5.32 Å². The van der Waals surface area contributed by atoms with Crippen LogP contribution in [0.4, 0.5) is 16.2 Å². The second-order valence-corrected chi connectivity index (χ2v) is 5.02. The Balaban J connectivity index is 2.20. The summed E-state index contributed by atoms with van der Waals surface area (Å²) in [6, 6.07) is 11.0. The molecule has 0 aromatic heterocycles. The van der Waals surface area contributed by atoms with Gasteiger partial charge >= 0.3 is 6.03 Å². The maximum atomic E-state index is 12.1. The normalized spacial score (nSPS) is 9.87. The fraction of sp³-hybridized carbons (Fsp3) is 0.125. The maximum Gasteiger partial charge on any atom is 0.323 e. The molecule has 0 aliphatic heterocycles. The largest absolute Gasteiger partial charge is 0.497 e. The van der Waals surface area contributed by atoms with Crippen molar-refractivity contribution < 1.29 is 14.3 Å². The predicted octanol–water partition coefficient (Wildman–Crippen LogP) is 3.35. The highest BCUT2D eigenvalue weighted by Crippen LogP contribution is 2.23. The molecular weight excluding hydrogens is 318 g/mol. The highest BCUT2D eigenvalue weighted by atomic mass is 35.5. The van der Waals surface area contributed by atoms with E-state index < -0.39 is 6.03 Å². The lowest BCUT2D eigenvalue weighted by Crippen LogP contribution is -2.24. The van der Waals surface area contributed by atoms with Crippen molar-refractivity contribution in [3.63, 3.8) is 0 Å². The van der Waals surface area contributed by atoms with Gasteiger partial charge in [-0.05, 0) is 30.3 Å². The molecule has 0 spiro atoms. The quantitative estimate of drug-likeness (QED) is 0.802. The third-order valence-corrected chi connectivity index (χ3v) is 3.26. The molecule has 0 radical (unpaired) electrons. The first-order chi connectivity index (χ1) is 11.0. The molecule has 0 aliphatic carbocycles. The van der Waals surface area contributed by atoms with E-state index in [-0.39, 0.29) is 5.91 Å². The van der Waals surface area contributed by atoms with Crippen molar-refractivity contribution in [3.05, 3.63) is 53.1 Å². The summed E-state index contributed by atoms with van der Waals surface area (Å²) >= 11 is 5.87. The molecule has 7 heteroatoms. The zero-order chi connectivity index (χ0) is 16.8. The molecule has 0 bridgehead atoms. The average molecular weight is 334 g/mol. The molecule has 0 saturated carbocycles. The van der Waals surface area contributed by atoms with E-state index in [2.05, 4.69) is 16.0 Å². The molecule has 3 amide bonds. The summed E-state index contributed by atoms with van der Waals surface area (Å²) in [6.45, 7) is 0. The van der Waals surface area contributed by atoms with Gasteiger partial charge in [-0.25, -0.2) is 4.79 Å². The average Bonchev–Trinajstić information content (AvgIpc) is 2.54. The smallest absolute Gasteiger partial charge is 0.323 e. The number of hydrogen-bond donors (Lipinski definition) is 3. The number of amides is 3. The van der Waals surface area contributed by atoms with E-state index in [0.29, 0.717) is 27.7 Å². The van der Waals surface area contributed by atoms with E-state index in [1.165, 1.54) is 14.2 Å². The Bertz CT molecular complexity index is 734. The first-order valence-electron chi connectivity index (χ1n) is 6.77. The number of anilines is 2. The first-order valence-corrected chi connectivity index (χ1v) is 7.15. The Hall–Kier alpha value is -2.73. The lowest BCUT2D eigenvalue weighted by molar-refractivity contribution is 0.0964. The molecule has 2 rings (SSSR count). The summed E-state index contributed by atoms with van der Waals surface area (Å²) in [7, 11) is 3.02. The molecule has 0 fully saturated rings. The molecule has 0 atom stereocenters. The van der Waals surface area contributed by atoms with Crippen LogP contribution < -0.4 is 20.7 Å². The van der Waals surface area contributed by atoms with Crippen molar-refractivity contribution in [2.75, 3.05) is 24.8 Å². The highest BCUT2D eigenvalue weighted by Gasteiger charge is 2.13. The third kappa shape index (κ3) is 4.37. The SMILES string of the molecule is CNC(=O)c1ccc(OC)cc1NC(=O)Nc1cccc(Cl)c1. The van der Waals surface area contributed by atoms with Gasteiger partial charge in [0, 0.05) is 23.8 Å². The van der Waals surface area contributed by atoms with E-state index in [1.807, 2.05) is 0 Å². The van der Waals surface area contributed by atoms with Crippen LogP contribution >= 0.6 is 11.6 Å². The summed E-state index contributed by atoms with van der Waals surface area (Å²) in [5.74, 6) is 0.210. The Morgan fingerprint density at radius 3 is 2.52 bits per heavy atom. The van der Waals surface area contributed by atoms with Crippen LogP contribution in [-0.4, -0.2) is 26.1 Å². The fourth-order valence-corrected chi connectivity index (χ4v) is 2.13. The van der Waals surface area contributed by atoms with Gasteiger partial charge < -0.3 is 20.7 Å². The van der Waals surface area contributed by atoms with Gasteiger partial charge in [-0.1, -0.05) is 17.7 Å². The number of ether oxygens (including phenoxy) is 1. The summed E-state index contributed by atoms with van der Waals surface area (Å²) in [5, 5.41) is 8.31. The van der Waals surface area contributed by atoms with Crippen LogP contribution in [0.15, 0.2) is 42.5 Å². The molecule has 3 N–H and O–H groups in total. The Kier molecular flexibility index (Phi) is 5.43. The lowest BCUT2D eigenvalue weighted by atomic mass is 10.1. The van der Waals surface area contributed by atoms with Crippen LogP contribution in [0, 0.1) is 0 Å². The van der Waals surface area contributed by atoms with Crippen molar-refractivity contribution in [2.24, 2.45) is 0 Å². The number of carbonyl (C=O) groups is 2. The Labute approximate surface area is 138 Å². The van der Waals surface area contributed by atoms with Crippen molar-refractivity contribution in [2.45, 2.75) is 0 Å². The van der Waals surface area contributed by atoms with E-state index in [0.717, 1.165) is 0 Å². The minimum Gasteiger partial charge on any atom is -0.497 e. The molecule has 6 nitrogen and oxygen atoms in total. The molecule has 0 aliphatic rings. The second kappa shape index (κ2) is 7.51. The summed E-state index contributed by atoms with van der Waals surface area (Å²) in [4.78, 5) is 24.0. The number of carbonyl (C=O) groups excluding carboxylic acids is 2. The second-order valence-electron chi connectivity index (χ2n) is 4.58. The van der Waals surface area contributed by atoms with Crippen molar-refractivity contribution >= 4 is 34.9 Å². The van der Waals surface area contributed by atoms with Gasteiger partial charge in [0.15, 0.2) is 0 Å². The first kappa shape index (κ1) is 16.6. The summed E-state index contributed by atoms with van der Waals surface area (Å²) in [6.07, 6.45) is 0. The van der Waals surface area contributed by atoms with Gasteiger partial charge in [0.05, 0.1) is 18.4 Å². The van der Waals surface area contributed by atoms with Crippen molar-refractivity contribution in [3.8, 4) is 5.75 Å². The van der Waals surface area contributed by atoms with Crippen LogP contribution in [0.3, 0.4) is 0 Å². The standard InChI is InChI=1S/C16H16ClN3O3/c1-18-15(21)13-7-6-12(23-2)9-14(13)20-16(22)19-11-5-3-4-10(17)8-11/h3-9H,1-2H3,(H,18,21)(H2,19,20,22). The number of urea groups is 1. The predicted molar refractivity (Wildman–Crippen MR) is 90.5 cm³/mol. The third-order valence-electron chi connectivity index (χ3n) is 3.03. The number of benzene rings is 2. The molecule has 0 heterocycles. The molecule has 120 valence electrons. The zero-order valence-corrected chi connectivity index (χ0v) is 13.4. The topological polar surface area (TPSA) is 79.5 Å². The number of rotatable bonds is 4.